The molecule has 0 radical (unpaired) electrons. The van der Waals surface area contributed by atoms with Gasteiger partial charge in [0.1, 0.15) is 0 Å². The molecule has 0 aliphatic carbocycles. The van der Waals surface area contributed by atoms with E-state index in [0.29, 0.717) is 0 Å². The Balaban J connectivity index is -0.000000328. The summed E-state index contributed by atoms with van der Waals surface area (Å²) in [6.45, 7) is 4.53. The molecular formula is C36H72CaMgO4. The largest absolute Gasteiger partial charge is 2.00 e. The maximum absolute atomic E-state index is 10.2. The van der Waals surface area contributed by atoms with Crippen molar-refractivity contribution in [2.45, 2.75) is 219 Å². The van der Waals surface area contributed by atoms with Crippen LogP contribution < -0.4 is 10.2 Å². The van der Waals surface area contributed by atoms with Crippen molar-refractivity contribution in [3.8, 4) is 0 Å². The fraction of sp³-hybridized carbons (Fsp3) is 0.944. The number of hydrogen-bond donors (Lipinski definition) is 0. The van der Waals surface area contributed by atoms with Crippen LogP contribution in [0.5, 0.6) is 0 Å². The van der Waals surface area contributed by atoms with Gasteiger partial charge in [-0.1, -0.05) is 194 Å². The Morgan fingerprint density at radius 2 is 0.476 bits per heavy atom. The maximum atomic E-state index is 10.2. The molecular weight excluding hydrogens is 561 g/mol. The predicted molar refractivity (Wildman–Crippen MR) is 183 cm³/mol. The fourth-order valence-electron chi connectivity index (χ4n) is 5.28. The molecule has 0 spiro atoms. The molecule has 0 amide bonds. The van der Waals surface area contributed by atoms with Gasteiger partial charge in [0, 0.05) is 11.9 Å². The summed E-state index contributed by atoms with van der Waals surface area (Å²) in [7, 11) is 0. The van der Waals surface area contributed by atoms with Gasteiger partial charge in [0.15, 0.2) is 0 Å². The molecule has 0 heterocycles. The van der Waals surface area contributed by atoms with Gasteiger partial charge in [-0.15, -0.1) is 0 Å². The quantitative estimate of drug-likeness (QED) is 0.0549. The Labute approximate surface area is 309 Å². The van der Waals surface area contributed by atoms with Crippen molar-refractivity contribution in [2.75, 3.05) is 0 Å². The van der Waals surface area contributed by atoms with Crippen molar-refractivity contribution in [3.05, 3.63) is 0 Å². The molecule has 0 aromatic rings. The summed E-state index contributed by atoms with van der Waals surface area (Å²) in [5.41, 5.74) is 0. The van der Waals surface area contributed by atoms with Crippen molar-refractivity contribution in [3.63, 3.8) is 0 Å². The van der Waals surface area contributed by atoms with E-state index in [9.17, 15) is 19.8 Å². The van der Waals surface area contributed by atoms with E-state index in [4.69, 9.17) is 0 Å². The van der Waals surface area contributed by atoms with Gasteiger partial charge in [0.25, 0.3) is 0 Å². The van der Waals surface area contributed by atoms with E-state index in [0.717, 1.165) is 25.7 Å². The summed E-state index contributed by atoms with van der Waals surface area (Å²) < 4.78 is 0. The molecule has 0 aromatic carbocycles. The smallest absolute Gasteiger partial charge is 2.00 e. The topological polar surface area (TPSA) is 80.3 Å². The first-order valence-corrected chi connectivity index (χ1v) is 17.9. The van der Waals surface area contributed by atoms with Gasteiger partial charge < -0.3 is 19.8 Å². The minimum absolute atomic E-state index is 0. The average Bonchev–Trinajstić information content (AvgIpc) is 2.93. The van der Waals surface area contributed by atoms with Gasteiger partial charge >= 0.3 is 60.8 Å². The fourth-order valence-corrected chi connectivity index (χ4v) is 5.28. The molecule has 0 fully saturated rings. The van der Waals surface area contributed by atoms with Crippen molar-refractivity contribution >= 4 is 72.7 Å². The minimum Gasteiger partial charge on any atom is 2.00 e. The molecule has 0 bridgehead atoms. The molecule has 4 nitrogen and oxygen atoms in total. The number of aliphatic carboxylic acids is 2. The molecule has 0 rings (SSSR count). The zero-order chi connectivity index (χ0) is 29.8. The Bertz CT molecular complexity index is 461. The number of carboxylic acid groups (broad SMARTS) is 2. The molecule has 42 heavy (non-hydrogen) atoms. The Morgan fingerprint density at radius 3 is 0.619 bits per heavy atom. The number of carbonyl (C=O) groups is 2. The molecule has 0 atom stereocenters. The molecule has 0 N–H and O–H groups in total. The molecule has 6 heteroatoms. The van der Waals surface area contributed by atoms with Crippen LogP contribution in [0.1, 0.15) is 219 Å². The van der Waals surface area contributed by atoms with E-state index in [1.807, 2.05) is 0 Å². The summed E-state index contributed by atoms with van der Waals surface area (Å²) >= 11 is 0. The minimum atomic E-state index is -0.903. The first-order chi connectivity index (χ1) is 19.5. The SMILES string of the molecule is CCCCCCCCCCCCCCCCCC(=O)[O-].CCCCCCCCCCCCCCCCCC(=O)[O-].[CaH2].[Mg+2]. The van der Waals surface area contributed by atoms with E-state index >= 15 is 0 Å². The summed E-state index contributed by atoms with van der Waals surface area (Å²) in [6, 6.07) is 0. The normalized spacial score (nSPS) is 10.3. The average molecular weight is 633 g/mol. The third-order valence-electron chi connectivity index (χ3n) is 7.97. The second kappa shape index (κ2) is 46.4. The molecule has 0 saturated heterocycles. The van der Waals surface area contributed by atoms with Crippen LogP contribution >= 0.6 is 0 Å². The van der Waals surface area contributed by atoms with Gasteiger partial charge in [0.05, 0.1) is 0 Å². The van der Waals surface area contributed by atoms with Gasteiger partial charge in [0.2, 0.25) is 0 Å². The third-order valence-corrected chi connectivity index (χ3v) is 7.97. The number of hydrogen-bond acceptors (Lipinski definition) is 4. The van der Waals surface area contributed by atoms with Crippen LogP contribution in [-0.4, -0.2) is 72.7 Å². The van der Waals surface area contributed by atoms with Gasteiger partial charge in [-0.2, -0.15) is 0 Å². The first-order valence-electron chi connectivity index (χ1n) is 17.9. The van der Waals surface area contributed by atoms with E-state index in [2.05, 4.69) is 13.8 Å². The summed E-state index contributed by atoms with van der Waals surface area (Å²) in [6.07, 6.45) is 39.7. The van der Waals surface area contributed by atoms with E-state index < -0.39 is 11.9 Å². The van der Waals surface area contributed by atoms with Gasteiger partial charge in [-0.05, 0) is 25.7 Å². The molecule has 0 aromatic heterocycles. The van der Waals surface area contributed by atoms with Crippen molar-refractivity contribution < 1.29 is 19.8 Å². The summed E-state index contributed by atoms with van der Waals surface area (Å²) in [5, 5.41) is 20.4. The van der Waals surface area contributed by atoms with Crippen molar-refractivity contribution in [1.82, 2.24) is 0 Å². The third kappa shape index (κ3) is 53.5. The maximum Gasteiger partial charge on any atom is 2.00 e. The second-order valence-corrected chi connectivity index (χ2v) is 12.1. The Kier molecular flexibility index (Phi) is 55.0. The van der Waals surface area contributed by atoms with Gasteiger partial charge in [-0.25, -0.2) is 0 Å². The van der Waals surface area contributed by atoms with Crippen molar-refractivity contribution in [2.24, 2.45) is 0 Å². The predicted octanol–water partition coefficient (Wildman–Crippen LogP) is 8.70. The van der Waals surface area contributed by atoms with Crippen LogP contribution in [-0.2, 0) is 9.59 Å². The standard InChI is InChI=1S/2C18H36O2.Ca.Mg.2H/c2*1-2-3-4-5-6-7-8-9-10-11-12-13-14-15-16-17-18(19)20;;;;/h2*2-17H2,1H3,(H,19,20);;;;/q;;;+2;;/p-2. The number of carbonyl (C=O) groups excluding carboxylic acids is 2. The monoisotopic (exact) mass is 632 g/mol. The number of carboxylic acids is 2. The van der Waals surface area contributed by atoms with Crippen LogP contribution in [0.4, 0.5) is 0 Å². The van der Waals surface area contributed by atoms with Crippen LogP contribution in [0.2, 0.25) is 0 Å². The Morgan fingerprint density at radius 1 is 0.333 bits per heavy atom. The molecule has 0 aliphatic heterocycles. The summed E-state index contributed by atoms with van der Waals surface area (Å²) in [4.78, 5) is 20.4. The molecule has 0 unspecified atom stereocenters. The number of unbranched alkanes of at least 4 members (excludes halogenated alkanes) is 28. The van der Waals surface area contributed by atoms with E-state index in [1.54, 1.807) is 0 Å². The first kappa shape index (κ1) is 49.8. The van der Waals surface area contributed by atoms with Crippen molar-refractivity contribution in [1.29, 1.82) is 0 Å². The second-order valence-electron chi connectivity index (χ2n) is 12.1. The van der Waals surface area contributed by atoms with Crippen LogP contribution in [0.15, 0.2) is 0 Å². The molecule has 0 aliphatic rings. The Hall–Kier alpha value is 0.966. The zero-order valence-electron chi connectivity index (χ0n) is 28.0. The zero-order valence-corrected chi connectivity index (χ0v) is 29.4. The van der Waals surface area contributed by atoms with Crippen LogP contribution in [0.3, 0.4) is 0 Å². The molecule has 0 saturated carbocycles. The van der Waals surface area contributed by atoms with E-state index in [1.165, 1.54) is 167 Å². The molecule has 244 valence electrons. The summed E-state index contributed by atoms with van der Waals surface area (Å²) in [5.74, 6) is -1.81. The van der Waals surface area contributed by atoms with E-state index in [-0.39, 0.29) is 73.6 Å². The number of rotatable bonds is 32. The van der Waals surface area contributed by atoms with Crippen LogP contribution in [0, 0.1) is 0 Å². The van der Waals surface area contributed by atoms with Crippen LogP contribution in [0.25, 0.3) is 0 Å². The van der Waals surface area contributed by atoms with Gasteiger partial charge in [-0.3, -0.25) is 0 Å².